The minimum Gasteiger partial charge on any atom is -0.379 e. The van der Waals surface area contributed by atoms with Crippen molar-refractivity contribution < 1.29 is 4.74 Å². The molecular weight excluding hydrogens is 214 g/mol. The number of nitrogens with zero attached hydrogens (tertiary/aromatic N) is 2. The Labute approximate surface area is 103 Å². The zero-order valence-corrected chi connectivity index (χ0v) is 10.9. The number of hydrogen-bond donors (Lipinski definition) is 1. The molecule has 1 N–H and O–H groups in total. The summed E-state index contributed by atoms with van der Waals surface area (Å²) in [6, 6.07) is 0.502. The maximum Gasteiger partial charge on any atom is 0.0950 e. The van der Waals surface area contributed by atoms with Gasteiger partial charge < -0.3 is 14.6 Å². The lowest BCUT2D eigenvalue weighted by Crippen LogP contribution is -2.21. The Kier molecular flexibility index (Phi) is 4.57. The molecule has 1 aliphatic carbocycles. The number of aromatic nitrogens is 2. The molecule has 0 bridgehead atoms. The van der Waals surface area contributed by atoms with Gasteiger partial charge in [0.1, 0.15) is 0 Å². The van der Waals surface area contributed by atoms with Crippen LogP contribution in [0, 0.1) is 5.92 Å². The molecule has 1 fully saturated rings. The summed E-state index contributed by atoms with van der Waals surface area (Å²) in [5.41, 5.74) is 1.10. The van der Waals surface area contributed by atoms with Gasteiger partial charge in [-0.15, -0.1) is 0 Å². The molecule has 4 nitrogen and oxygen atoms in total. The molecule has 0 unspecified atom stereocenters. The fourth-order valence-corrected chi connectivity index (χ4v) is 1.63. The van der Waals surface area contributed by atoms with Crippen LogP contribution in [0.4, 0.5) is 0 Å². The fourth-order valence-electron chi connectivity index (χ4n) is 1.63. The van der Waals surface area contributed by atoms with Crippen molar-refractivity contribution in [2.75, 3.05) is 13.2 Å². The molecule has 0 amide bonds. The van der Waals surface area contributed by atoms with Crippen molar-refractivity contribution in [2.24, 2.45) is 5.92 Å². The van der Waals surface area contributed by atoms with Crippen LogP contribution in [0.15, 0.2) is 12.5 Å². The van der Waals surface area contributed by atoms with Crippen molar-refractivity contribution in [1.82, 2.24) is 14.9 Å². The van der Waals surface area contributed by atoms with Gasteiger partial charge in [0, 0.05) is 31.9 Å². The number of rotatable bonds is 8. The minimum absolute atomic E-state index is 0.502. The van der Waals surface area contributed by atoms with E-state index in [4.69, 9.17) is 4.74 Å². The quantitative estimate of drug-likeness (QED) is 0.701. The Morgan fingerprint density at radius 1 is 1.53 bits per heavy atom. The van der Waals surface area contributed by atoms with E-state index in [1.165, 1.54) is 12.8 Å². The summed E-state index contributed by atoms with van der Waals surface area (Å²) in [4.78, 5) is 4.36. The maximum absolute atomic E-state index is 5.60. The van der Waals surface area contributed by atoms with E-state index in [1.54, 1.807) is 0 Å². The van der Waals surface area contributed by atoms with Crippen molar-refractivity contribution in [1.29, 1.82) is 0 Å². The van der Waals surface area contributed by atoms with Gasteiger partial charge in [-0.05, 0) is 18.8 Å². The molecule has 0 atom stereocenters. The predicted molar refractivity (Wildman–Crippen MR) is 67.7 cm³/mol. The molecule has 96 valence electrons. The van der Waals surface area contributed by atoms with Crippen LogP contribution in [-0.2, 0) is 17.8 Å². The smallest absolute Gasteiger partial charge is 0.0950 e. The molecule has 1 heterocycles. The Morgan fingerprint density at radius 3 is 3.06 bits per heavy atom. The van der Waals surface area contributed by atoms with Gasteiger partial charge >= 0.3 is 0 Å². The molecular formula is C13H23N3O. The third-order valence-electron chi connectivity index (χ3n) is 2.92. The van der Waals surface area contributed by atoms with Crippen LogP contribution in [-0.4, -0.2) is 28.8 Å². The Morgan fingerprint density at radius 2 is 2.35 bits per heavy atom. The highest BCUT2D eigenvalue weighted by molar-refractivity contribution is 4.96. The van der Waals surface area contributed by atoms with Crippen LogP contribution in [0.25, 0.3) is 0 Å². The van der Waals surface area contributed by atoms with E-state index >= 15 is 0 Å². The molecule has 1 aromatic rings. The minimum atomic E-state index is 0.502. The van der Waals surface area contributed by atoms with Crippen molar-refractivity contribution in [3.8, 4) is 0 Å². The van der Waals surface area contributed by atoms with E-state index in [9.17, 15) is 0 Å². The van der Waals surface area contributed by atoms with Crippen LogP contribution in [0.5, 0.6) is 0 Å². The molecule has 0 saturated heterocycles. The van der Waals surface area contributed by atoms with E-state index in [-0.39, 0.29) is 0 Å². The summed E-state index contributed by atoms with van der Waals surface area (Å²) in [5, 5.41) is 3.36. The second-order valence-electron chi connectivity index (χ2n) is 5.16. The standard InChI is InChI=1S/C13H23N3O/c1-11(2)14-7-13-8-16(10-15-13)5-6-17-9-12-3-4-12/h8,10-12,14H,3-7,9H2,1-2H3. The number of imidazole rings is 1. The Hall–Kier alpha value is -0.870. The summed E-state index contributed by atoms with van der Waals surface area (Å²) in [6.45, 7) is 7.76. The SMILES string of the molecule is CC(C)NCc1cn(CCOCC2CC2)cn1. The van der Waals surface area contributed by atoms with Crippen LogP contribution in [0.1, 0.15) is 32.4 Å². The van der Waals surface area contributed by atoms with E-state index in [2.05, 4.69) is 34.9 Å². The lowest BCUT2D eigenvalue weighted by Gasteiger charge is -2.05. The topological polar surface area (TPSA) is 39.1 Å². The molecule has 17 heavy (non-hydrogen) atoms. The Bertz CT molecular complexity index is 331. The molecule has 1 saturated carbocycles. The van der Waals surface area contributed by atoms with E-state index in [0.717, 1.165) is 37.9 Å². The molecule has 4 heteroatoms. The third kappa shape index (κ3) is 4.88. The van der Waals surface area contributed by atoms with Crippen LogP contribution < -0.4 is 5.32 Å². The van der Waals surface area contributed by atoms with Crippen molar-refractivity contribution in [2.45, 2.75) is 45.8 Å². The van der Waals surface area contributed by atoms with E-state index in [1.807, 2.05) is 6.33 Å². The van der Waals surface area contributed by atoms with Gasteiger partial charge in [-0.3, -0.25) is 0 Å². The monoisotopic (exact) mass is 237 g/mol. The van der Waals surface area contributed by atoms with Crippen molar-refractivity contribution >= 4 is 0 Å². The lowest BCUT2D eigenvalue weighted by molar-refractivity contribution is 0.117. The zero-order valence-electron chi connectivity index (χ0n) is 10.9. The lowest BCUT2D eigenvalue weighted by atomic mass is 10.3. The average Bonchev–Trinajstić information content (AvgIpc) is 3.01. The molecule has 0 radical (unpaired) electrons. The largest absolute Gasteiger partial charge is 0.379 e. The highest BCUT2D eigenvalue weighted by Crippen LogP contribution is 2.28. The number of hydrogen-bond acceptors (Lipinski definition) is 3. The van der Waals surface area contributed by atoms with Gasteiger partial charge in [0.05, 0.1) is 18.6 Å². The second kappa shape index (κ2) is 6.17. The number of nitrogens with one attached hydrogen (secondary N) is 1. The van der Waals surface area contributed by atoms with Crippen molar-refractivity contribution in [3.05, 3.63) is 18.2 Å². The second-order valence-corrected chi connectivity index (χ2v) is 5.16. The highest BCUT2D eigenvalue weighted by Gasteiger charge is 2.20. The van der Waals surface area contributed by atoms with Crippen molar-refractivity contribution in [3.63, 3.8) is 0 Å². The summed E-state index contributed by atoms with van der Waals surface area (Å²) in [6.07, 6.45) is 6.69. The first-order chi connectivity index (χ1) is 8.24. The molecule has 0 aromatic carbocycles. The maximum atomic E-state index is 5.60. The summed E-state index contributed by atoms with van der Waals surface area (Å²) >= 11 is 0. The first-order valence-corrected chi connectivity index (χ1v) is 6.56. The molecule has 1 aliphatic rings. The van der Waals surface area contributed by atoms with Gasteiger partial charge in [-0.1, -0.05) is 13.8 Å². The summed E-state index contributed by atoms with van der Waals surface area (Å²) in [7, 11) is 0. The van der Waals surface area contributed by atoms with E-state index in [0.29, 0.717) is 6.04 Å². The average molecular weight is 237 g/mol. The highest BCUT2D eigenvalue weighted by atomic mass is 16.5. The van der Waals surface area contributed by atoms with Gasteiger partial charge in [0.25, 0.3) is 0 Å². The van der Waals surface area contributed by atoms with E-state index < -0.39 is 0 Å². The molecule has 2 rings (SSSR count). The first-order valence-electron chi connectivity index (χ1n) is 6.56. The third-order valence-corrected chi connectivity index (χ3v) is 2.92. The summed E-state index contributed by atoms with van der Waals surface area (Å²) < 4.78 is 7.71. The molecule has 0 aliphatic heterocycles. The van der Waals surface area contributed by atoms with Crippen LogP contribution in [0.2, 0.25) is 0 Å². The Balaban J connectivity index is 1.62. The van der Waals surface area contributed by atoms with Gasteiger partial charge in [0.2, 0.25) is 0 Å². The molecule has 1 aromatic heterocycles. The normalized spacial score (nSPS) is 15.7. The van der Waals surface area contributed by atoms with Gasteiger partial charge in [0.15, 0.2) is 0 Å². The van der Waals surface area contributed by atoms with Gasteiger partial charge in [-0.2, -0.15) is 0 Å². The summed E-state index contributed by atoms with van der Waals surface area (Å²) in [5.74, 6) is 0.851. The zero-order chi connectivity index (χ0) is 12.1. The van der Waals surface area contributed by atoms with Crippen LogP contribution >= 0.6 is 0 Å². The molecule has 0 spiro atoms. The van der Waals surface area contributed by atoms with Gasteiger partial charge in [-0.25, -0.2) is 4.98 Å². The predicted octanol–water partition coefficient (Wildman–Crippen LogP) is 1.81. The van der Waals surface area contributed by atoms with Crippen LogP contribution in [0.3, 0.4) is 0 Å². The first kappa shape index (κ1) is 12.6. The fraction of sp³-hybridized carbons (Fsp3) is 0.769. The number of ether oxygens (including phenoxy) is 1.